The molecule has 0 aromatic carbocycles. The molecule has 1 saturated carbocycles. The predicted octanol–water partition coefficient (Wildman–Crippen LogP) is 3.65. The normalized spacial score (nSPS) is 17.4. The van der Waals surface area contributed by atoms with Crippen LogP contribution in [0.4, 0.5) is 0 Å². The van der Waals surface area contributed by atoms with E-state index < -0.39 is 0 Å². The molecular weight excluding hydrogens is 248 g/mol. The third-order valence-corrected chi connectivity index (χ3v) is 4.22. The summed E-state index contributed by atoms with van der Waals surface area (Å²) in [6.07, 6.45) is 7.81. The maximum atomic E-state index is 4.78. The fourth-order valence-corrected chi connectivity index (χ4v) is 2.86. The molecule has 1 fully saturated rings. The molecule has 20 heavy (non-hydrogen) atoms. The fourth-order valence-electron chi connectivity index (χ4n) is 2.86. The minimum Gasteiger partial charge on any atom is -0.270 e. The molecule has 0 spiro atoms. The molecule has 3 rings (SSSR count). The molecule has 108 valence electrons. The maximum absolute atomic E-state index is 4.78. The Balaban J connectivity index is 1.73. The number of rotatable bonds is 5. The Hall–Kier alpha value is -1.58. The molecule has 2 heterocycles. The van der Waals surface area contributed by atoms with Crippen LogP contribution in [0.2, 0.25) is 0 Å². The van der Waals surface area contributed by atoms with Gasteiger partial charge < -0.3 is 0 Å². The monoisotopic (exact) mass is 272 g/mol. The van der Waals surface area contributed by atoms with Gasteiger partial charge in [-0.05, 0) is 45.2 Å². The van der Waals surface area contributed by atoms with Crippen LogP contribution in [0.25, 0.3) is 0 Å². The van der Waals surface area contributed by atoms with Crippen LogP contribution in [-0.4, -0.2) is 19.6 Å². The molecule has 1 atom stereocenters. The van der Waals surface area contributed by atoms with Crippen LogP contribution in [0.1, 0.15) is 63.5 Å². The van der Waals surface area contributed by atoms with Crippen LogP contribution in [0.3, 0.4) is 0 Å². The molecule has 0 saturated heterocycles. The van der Waals surface area contributed by atoms with E-state index in [1.54, 1.807) is 0 Å². The lowest BCUT2D eigenvalue weighted by Crippen LogP contribution is -2.23. The highest BCUT2D eigenvalue weighted by atomic mass is 15.3. The fraction of sp³-hybridized carbons (Fsp3) is 0.625. The van der Waals surface area contributed by atoms with E-state index in [4.69, 9.17) is 5.10 Å². The quantitative estimate of drug-likeness (QED) is 0.833. The smallest absolute Gasteiger partial charge is 0.0681 e. The first-order valence-corrected chi connectivity index (χ1v) is 7.53. The molecule has 1 aliphatic rings. The highest BCUT2D eigenvalue weighted by Gasteiger charge is 2.30. The summed E-state index contributed by atoms with van der Waals surface area (Å²) in [6, 6.07) is 5.28. The summed E-state index contributed by atoms with van der Waals surface area (Å²) >= 11 is 0. The van der Waals surface area contributed by atoms with E-state index >= 15 is 0 Å². The van der Waals surface area contributed by atoms with Gasteiger partial charge in [0.05, 0.1) is 17.4 Å². The van der Waals surface area contributed by atoms with Gasteiger partial charge in [0.1, 0.15) is 0 Å². The van der Waals surface area contributed by atoms with E-state index in [1.807, 2.05) is 6.92 Å². The summed E-state index contributed by atoms with van der Waals surface area (Å²) in [4.78, 5) is 0. The van der Waals surface area contributed by atoms with Crippen LogP contribution in [0, 0.1) is 6.92 Å². The van der Waals surface area contributed by atoms with E-state index in [0.717, 1.165) is 12.1 Å². The third-order valence-electron chi connectivity index (χ3n) is 4.22. The standard InChI is InChI=1S/C16H24N4/c1-12-7-9-19(17-12)13(2)11-16(3,4)15-8-10-20(18-15)14-5-6-14/h7-10,13-14H,5-6,11H2,1-4H3. The van der Waals surface area contributed by atoms with Crippen molar-refractivity contribution in [2.24, 2.45) is 0 Å². The van der Waals surface area contributed by atoms with Crippen molar-refractivity contribution in [3.8, 4) is 0 Å². The van der Waals surface area contributed by atoms with Gasteiger partial charge in [-0.25, -0.2) is 0 Å². The lowest BCUT2D eigenvalue weighted by Gasteiger charge is -2.26. The highest BCUT2D eigenvalue weighted by Crippen LogP contribution is 2.36. The topological polar surface area (TPSA) is 35.6 Å². The lowest BCUT2D eigenvalue weighted by atomic mass is 9.83. The largest absolute Gasteiger partial charge is 0.270 e. The number of hydrogen-bond acceptors (Lipinski definition) is 2. The predicted molar refractivity (Wildman–Crippen MR) is 79.8 cm³/mol. The molecule has 4 heteroatoms. The Labute approximate surface area is 120 Å². The summed E-state index contributed by atoms with van der Waals surface area (Å²) in [5.41, 5.74) is 2.34. The molecule has 0 amide bonds. The summed E-state index contributed by atoms with van der Waals surface area (Å²) in [5, 5.41) is 9.31. The second kappa shape index (κ2) is 4.76. The average Bonchev–Trinajstić information content (AvgIpc) is 2.93. The van der Waals surface area contributed by atoms with Crippen molar-refractivity contribution in [3.05, 3.63) is 35.9 Å². The molecule has 1 unspecified atom stereocenters. The van der Waals surface area contributed by atoms with Gasteiger partial charge in [-0.1, -0.05) is 13.8 Å². The van der Waals surface area contributed by atoms with Crippen LogP contribution in [0.5, 0.6) is 0 Å². The number of nitrogens with zero attached hydrogens (tertiary/aromatic N) is 4. The lowest BCUT2D eigenvalue weighted by molar-refractivity contribution is 0.344. The maximum Gasteiger partial charge on any atom is 0.0681 e. The van der Waals surface area contributed by atoms with Crippen molar-refractivity contribution in [3.63, 3.8) is 0 Å². The van der Waals surface area contributed by atoms with Crippen LogP contribution < -0.4 is 0 Å². The molecule has 0 bridgehead atoms. The van der Waals surface area contributed by atoms with Crippen molar-refractivity contribution < 1.29 is 0 Å². The van der Waals surface area contributed by atoms with Gasteiger partial charge in [-0.15, -0.1) is 0 Å². The van der Waals surface area contributed by atoms with E-state index in [1.165, 1.54) is 18.5 Å². The second-order valence-corrected chi connectivity index (χ2v) is 6.79. The Kier molecular flexibility index (Phi) is 3.19. The molecular formula is C16H24N4. The summed E-state index contributed by atoms with van der Waals surface area (Å²) in [6.45, 7) is 8.82. The SMILES string of the molecule is Cc1ccn(C(C)CC(C)(C)c2ccn(C3CC3)n2)n1. The molecule has 2 aromatic rings. The number of aryl methyl sites for hydroxylation is 1. The summed E-state index contributed by atoms with van der Waals surface area (Å²) in [7, 11) is 0. The third kappa shape index (κ3) is 2.65. The first-order chi connectivity index (χ1) is 9.45. The summed E-state index contributed by atoms with van der Waals surface area (Å²) in [5.74, 6) is 0. The summed E-state index contributed by atoms with van der Waals surface area (Å²) < 4.78 is 4.20. The average molecular weight is 272 g/mol. The van der Waals surface area contributed by atoms with Gasteiger partial charge in [0.2, 0.25) is 0 Å². The van der Waals surface area contributed by atoms with Crippen molar-refractivity contribution in [2.75, 3.05) is 0 Å². The van der Waals surface area contributed by atoms with E-state index in [0.29, 0.717) is 12.1 Å². The van der Waals surface area contributed by atoms with Gasteiger partial charge in [0.25, 0.3) is 0 Å². The first-order valence-electron chi connectivity index (χ1n) is 7.53. The Bertz CT molecular complexity index is 589. The van der Waals surface area contributed by atoms with E-state index in [9.17, 15) is 0 Å². The Morgan fingerprint density at radius 1 is 1.25 bits per heavy atom. The molecule has 2 aromatic heterocycles. The second-order valence-electron chi connectivity index (χ2n) is 6.79. The first kappa shape index (κ1) is 13.4. The van der Waals surface area contributed by atoms with E-state index in [-0.39, 0.29) is 5.41 Å². The molecule has 0 N–H and O–H groups in total. The van der Waals surface area contributed by atoms with Crippen LogP contribution in [-0.2, 0) is 5.41 Å². The van der Waals surface area contributed by atoms with Gasteiger partial charge in [0, 0.05) is 23.9 Å². The van der Waals surface area contributed by atoms with E-state index in [2.05, 4.69) is 59.8 Å². The number of hydrogen-bond donors (Lipinski definition) is 0. The minimum absolute atomic E-state index is 0.0689. The molecule has 0 aliphatic heterocycles. The molecule has 0 radical (unpaired) electrons. The highest BCUT2D eigenvalue weighted by molar-refractivity contribution is 5.13. The van der Waals surface area contributed by atoms with Gasteiger partial charge in [-0.3, -0.25) is 9.36 Å². The zero-order valence-electron chi connectivity index (χ0n) is 12.9. The zero-order chi connectivity index (χ0) is 14.3. The van der Waals surface area contributed by atoms with Gasteiger partial charge in [-0.2, -0.15) is 10.2 Å². The van der Waals surface area contributed by atoms with Crippen molar-refractivity contribution in [1.29, 1.82) is 0 Å². The van der Waals surface area contributed by atoms with Crippen molar-refractivity contribution in [2.45, 2.75) is 64.5 Å². The van der Waals surface area contributed by atoms with Crippen molar-refractivity contribution in [1.82, 2.24) is 19.6 Å². The Morgan fingerprint density at radius 2 is 2.00 bits per heavy atom. The number of aromatic nitrogens is 4. The molecule has 1 aliphatic carbocycles. The van der Waals surface area contributed by atoms with Gasteiger partial charge in [0.15, 0.2) is 0 Å². The Morgan fingerprint density at radius 3 is 2.60 bits per heavy atom. The van der Waals surface area contributed by atoms with Crippen molar-refractivity contribution >= 4 is 0 Å². The van der Waals surface area contributed by atoms with Gasteiger partial charge >= 0.3 is 0 Å². The zero-order valence-corrected chi connectivity index (χ0v) is 12.9. The minimum atomic E-state index is 0.0689. The van der Waals surface area contributed by atoms with Crippen LogP contribution >= 0.6 is 0 Å². The van der Waals surface area contributed by atoms with Crippen LogP contribution in [0.15, 0.2) is 24.5 Å². The molecule has 4 nitrogen and oxygen atoms in total.